The quantitative estimate of drug-likeness (QED) is 0.630. The lowest BCUT2D eigenvalue weighted by molar-refractivity contribution is -0.160. The third-order valence-corrected chi connectivity index (χ3v) is 2.28. The fourth-order valence-electron chi connectivity index (χ4n) is 1.37. The molecule has 74 valence electrons. The van der Waals surface area contributed by atoms with E-state index in [9.17, 15) is 9.59 Å². The van der Waals surface area contributed by atoms with E-state index in [2.05, 4.69) is 0 Å². The molecule has 1 aliphatic rings. The first-order valence-electron chi connectivity index (χ1n) is 3.78. The maximum Gasteiger partial charge on any atom is 0.407 e. The Morgan fingerprint density at radius 1 is 1.46 bits per heavy atom. The average molecular weight is 189 g/mol. The van der Waals surface area contributed by atoms with Crippen molar-refractivity contribution >= 4 is 12.1 Å². The second kappa shape index (κ2) is 3.21. The Labute approximate surface area is 74.7 Å². The van der Waals surface area contributed by atoms with Crippen molar-refractivity contribution in [2.24, 2.45) is 0 Å². The molecule has 6 nitrogen and oxygen atoms in total. The number of hydrogen-bond donors (Lipinski definition) is 2. The SMILES string of the molecule is COC1(C(=O)O)CCN(C(=O)O)C1. The number of carbonyl (C=O) groups is 2. The van der Waals surface area contributed by atoms with Crippen LogP contribution < -0.4 is 0 Å². The summed E-state index contributed by atoms with van der Waals surface area (Å²) < 4.78 is 4.84. The Bertz CT molecular complexity index is 241. The van der Waals surface area contributed by atoms with Gasteiger partial charge in [0.2, 0.25) is 0 Å². The van der Waals surface area contributed by atoms with Crippen LogP contribution in [0.4, 0.5) is 4.79 Å². The minimum Gasteiger partial charge on any atom is -0.479 e. The number of ether oxygens (including phenoxy) is 1. The van der Waals surface area contributed by atoms with Gasteiger partial charge in [0.15, 0.2) is 5.60 Å². The monoisotopic (exact) mass is 189 g/mol. The highest BCUT2D eigenvalue weighted by atomic mass is 16.5. The molecule has 0 spiro atoms. The molecule has 1 aliphatic heterocycles. The molecule has 13 heavy (non-hydrogen) atoms. The predicted molar refractivity (Wildman–Crippen MR) is 41.6 cm³/mol. The number of methoxy groups -OCH3 is 1. The molecule has 1 heterocycles. The normalized spacial score (nSPS) is 27.6. The molecule has 0 bridgehead atoms. The van der Waals surface area contributed by atoms with E-state index in [0.717, 1.165) is 4.90 Å². The van der Waals surface area contributed by atoms with E-state index >= 15 is 0 Å². The van der Waals surface area contributed by atoms with E-state index in [-0.39, 0.29) is 19.5 Å². The smallest absolute Gasteiger partial charge is 0.407 e. The third-order valence-electron chi connectivity index (χ3n) is 2.28. The molecule has 0 saturated carbocycles. The highest BCUT2D eigenvalue weighted by molar-refractivity contribution is 5.80. The van der Waals surface area contributed by atoms with Crippen LogP contribution in [0.5, 0.6) is 0 Å². The second-order valence-corrected chi connectivity index (χ2v) is 2.96. The fourth-order valence-corrected chi connectivity index (χ4v) is 1.37. The zero-order chi connectivity index (χ0) is 10.1. The van der Waals surface area contributed by atoms with Gasteiger partial charge >= 0.3 is 12.1 Å². The van der Waals surface area contributed by atoms with Gasteiger partial charge in [0.05, 0.1) is 6.54 Å². The van der Waals surface area contributed by atoms with Gasteiger partial charge in [-0.05, 0) is 0 Å². The minimum atomic E-state index is -1.35. The van der Waals surface area contributed by atoms with Crippen molar-refractivity contribution in [2.75, 3.05) is 20.2 Å². The van der Waals surface area contributed by atoms with Crippen molar-refractivity contribution in [3.8, 4) is 0 Å². The molecule has 2 N–H and O–H groups in total. The largest absolute Gasteiger partial charge is 0.479 e. The van der Waals surface area contributed by atoms with Crippen LogP contribution in [-0.4, -0.2) is 53.0 Å². The van der Waals surface area contributed by atoms with Gasteiger partial charge < -0.3 is 19.8 Å². The summed E-state index contributed by atoms with van der Waals surface area (Å²) in [6, 6.07) is 0. The van der Waals surface area contributed by atoms with Gasteiger partial charge in [0.25, 0.3) is 0 Å². The second-order valence-electron chi connectivity index (χ2n) is 2.96. The van der Waals surface area contributed by atoms with Crippen LogP contribution in [0.2, 0.25) is 0 Å². The molecule has 1 atom stereocenters. The van der Waals surface area contributed by atoms with Crippen LogP contribution in [0.25, 0.3) is 0 Å². The Morgan fingerprint density at radius 2 is 2.08 bits per heavy atom. The van der Waals surface area contributed by atoms with Gasteiger partial charge in [0.1, 0.15) is 0 Å². The van der Waals surface area contributed by atoms with Gasteiger partial charge in [-0.3, -0.25) is 0 Å². The lowest BCUT2D eigenvalue weighted by atomic mass is 10.0. The zero-order valence-corrected chi connectivity index (χ0v) is 7.19. The lowest BCUT2D eigenvalue weighted by Crippen LogP contribution is -2.44. The number of aliphatic carboxylic acids is 1. The molecule has 1 fully saturated rings. The van der Waals surface area contributed by atoms with Gasteiger partial charge in [-0.1, -0.05) is 0 Å². The Morgan fingerprint density at radius 3 is 2.31 bits per heavy atom. The number of rotatable bonds is 2. The molecular formula is C7H11NO5. The van der Waals surface area contributed by atoms with E-state index in [4.69, 9.17) is 14.9 Å². The topological polar surface area (TPSA) is 87.1 Å². The van der Waals surface area contributed by atoms with Crippen molar-refractivity contribution in [2.45, 2.75) is 12.0 Å². The molecule has 1 unspecified atom stereocenters. The van der Waals surface area contributed by atoms with Gasteiger partial charge in [0, 0.05) is 20.1 Å². The van der Waals surface area contributed by atoms with Crippen LogP contribution in [0.3, 0.4) is 0 Å². The van der Waals surface area contributed by atoms with Gasteiger partial charge in [-0.15, -0.1) is 0 Å². The number of hydrogen-bond acceptors (Lipinski definition) is 3. The Balaban J connectivity index is 2.74. The van der Waals surface area contributed by atoms with Crippen LogP contribution in [0.1, 0.15) is 6.42 Å². The first-order valence-corrected chi connectivity index (χ1v) is 3.78. The predicted octanol–water partition coefficient (Wildman–Crippen LogP) is -0.160. The van der Waals surface area contributed by atoms with E-state index in [1.807, 2.05) is 0 Å². The average Bonchev–Trinajstić information content (AvgIpc) is 2.49. The minimum absolute atomic E-state index is 0.103. The molecule has 0 aliphatic carbocycles. The van der Waals surface area contributed by atoms with Gasteiger partial charge in [-0.2, -0.15) is 0 Å². The van der Waals surface area contributed by atoms with Crippen molar-refractivity contribution in [1.29, 1.82) is 0 Å². The number of carboxylic acids is 1. The maximum atomic E-state index is 10.8. The standard InChI is InChI=1S/C7H11NO5/c1-13-7(5(9)10)2-3-8(4-7)6(11)12/h2-4H2,1H3,(H,9,10)(H,11,12). The summed E-state index contributed by atoms with van der Waals surface area (Å²) in [6.45, 7) is 0.101. The first kappa shape index (κ1) is 9.79. The molecule has 0 radical (unpaired) electrons. The lowest BCUT2D eigenvalue weighted by Gasteiger charge is -2.21. The third kappa shape index (κ3) is 1.57. The number of likely N-dealkylation sites (tertiary alicyclic amines) is 1. The summed E-state index contributed by atoms with van der Waals surface area (Å²) in [5.41, 5.74) is -1.35. The zero-order valence-electron chi connectivity index (χ0n) is 7.19. The van der Waals surface area contributed by atoms with Crippen LogP contribution >= 0.6 is 0 Å². The first-order chi connectivity index (χ1) is 6.02. The van der Waals surface area contributed by atoms with E-state index in [1.54, 1.807) is 0 Å². The number of carboxylic acid groups (broad SMARTS) is 2. The summed E-state index contributed by atoms with van der Waals surface area (Å²) in [4.78, 5) is 22.3. The van der Waals surface area contributed by atoms with Crippen LogP contribution in [0.15, 0.2) is 0 Å². The van der Waals surface area contributed by atoms with Crippen molar-refractivity contribution in [3.05, 3.63) is 0 Å². The highest BCUT2D eigenvalue weighted by Crippen LogP contribution is 2.24. The summed E-state index contributed by atoms with van der Waals surface area (Å²) in [6.07, 6.45) is -0.911. The Kier molecular flexibility index (Phi) is 2.42. The molecule has 0 aromatic carbocycles. The number of nitrogens with zero attached hydrogens (tertiary/aromatic N) is 1. The van der Waals surface area contributed by atoms with Crippen molar-refractivity contribution < 1.29 is 24.5 Å². The van der Waals surface area contributed by atoms with Crippen LogP contribution in [-0.2, 0) is 9.53 Å². The summed E-state index contributed by atoms with van der Waals surface area (Å²) in [7, 11) is 1.28. The summed E-state index contributed by atoms with van der Waals surface area (Å²) in [5, 5.41) is 17.4. The summed E-state index contributed by atoms with van der Waals surface area (Å²) in [5.74, 6) is -1.11. The van der Waals surface area contributed by atoms with E-state index < -0.39 is 17.7 Å². The molecule has 6 heteroatoms. The van der Waals surface area contributed by atoms with Crippen molar-refractivity contribution in [1.82, 2.24) is 4.90 Å². The fraction of sp³-hybridized carbons (Fsp3) is 0.714. The molecule has 1 amide bonds. The molecule has 1 saturated heterocycles. The van der Waals surface area contributed by atoms with Crippen LogP contribution in [0, 0.1) is 0 Å². The highest BCUT2D eigenvalue weighted by Gasteiger charge is 2.46. The number of amides is 1. The van der Waals surface area contributed by atoms with E-state index in [1.165, 1.54) is 7.11 Å². The molecular weight excluding hydrogens is 178 g/mol. The van der Waals surface area contributed by atoms with Crippen molar-refractivity contribution in [3.63, 3.8) is 0 Å². The van der Waals surface area contributed by atoms with E-state index in [0.29, 0.717) is 0 Å². The van der Waals surface area contributed by atoms with Gasteiger partial charge in [-0.25, -0.2) is 9.59 Å². The molecule has 0 aromatic heterocycles. The molecule has 0 aromatic rings. The molecule has 1 rings (SSSR count). The maximum absolute atomic E-state index is 10.8. The summed E-state index contributed by atoms with van der Waals surface area (Å²) >= 11 is 0. The Hall–Kier alpha value is -1.30.